The van der Waals surface area contributed by atoms with Crippen LogP contribution in [0.4, 0.5) is 0 Å². The Morgan fingerprint density at radius 1 is 0.561 bits per heavy atom. The predicted octanol–water partition coefficient (Wildman–Crippen LogP) is 14.4. The molecule has 0 radical (unpaired) electrons. The van der Waals surface area contributed by atoms with Crippen LogP contribution in [0.2, 0.25) is 0 Å². The molecule has 3 aliphatic rings. The van der Waals surface area contributed by atoms with E-state index in [2.05, 4.69) is 183 Å². The number of hydrazone groups is 1. The molecule has 7 heteroatoms. The van der Waals surface area contributed by atoms with Crippen LogP contribution in [0.1, 0.15) is 238 Å². The van der Waals surface area contributed by atoms with E-state index in [9.17, 15) is 0 Å². The van der Waals surface area contributed by atoms with Gasteiger partial charge in [0.1, 0.15) is 0 Å². The quantitative estimate of drug-likeness (QED) is 0.287. The Balaban J connectivity index is 0.000000385. The van der Waals surface area contributed by atoms with Crippen molar-refractivity contribution in [1.82, 2.24) is 30.6 Å². The van der Waals surface area contributed by atoms with Gasteiger partial charge in [0, 0.05) is 33.6 Å². The molecule has 2 aliphatic carbocycles. The molecule has 57 heavy (non-hydrogen) atoms. The fourth-order valence-corrected chi connectivity index (χ4v) is 7.08. The standard InChI is InChI=1S/C15H26N2.C15H24N2.C10H19N3.2C5H12/c2*1-11-12-9-7-5-6-8-10-13(12)14(17-16-11)15(2,3)4;1-9(2,3)8-7-11-12-13(8)10(4,5)6;2*1-5(2,3)4/h12,17H,5-10H2,1-4H3;5-10H2,1-4H3;7H,1-6H3;2*1-4H3. The Bertz CT molecular complexity index is 1500. The van der Waals surface area contributed by atoms with Crippen molar-refractivity contribution in [2.24, 2.45) is 27.3 Å². The van der Waals surface area contributed by atoms with Gasteiger partial charge < -0.3 is 0 Å². The molecule has 1 atom stereocenters. The molecule has 1 fully saturated rings. The zero-order valence-corrected chi connectivity index (χ0v) is 41.8. The molecule has 328 valence electrons. The zero-order chi connectivity index (χ0) is 44.2. The highest BCUT2D eigenvalue weighted by Crippen LogP contribution is 2.38. The summed E-state index contributed by atoms with van der Waals surface area (Å²) in [6.07, 6.45) is 17.6. The van der Waals surface area contributed by atoms with Crippen LogP contribution in [-0.4, -0.2) is 30.9 Å². The molecule has 1 N–H and O–H groups in total. The minimum atomic E-state index is 0.0130. The number of fused-ring (bicyclic) bond motifs is 2. The number of nitrogens with one attached hydrogen (secondary N) is 1. The van der Waals surface area contributed by atoms with Crippen molar-refractivity contribution in [1.29, 1.82) is 0 Å². The van der Waals surface area contributed by atoms with Gasteiger partial charge in [-0.2, -0.15) is 15.3 Å². The molecular weight excluding hydrogens is 699 g/mol. The summed E-state index contributed by atoms with van der Waals surface area (Å²) >= 11 is 0. The van der Waals surface area contributed by atoms with Crippen LogP contribution in [0, 0.1) is 29.1 Å². The molecule has 0 aromatic carbocycles. The van der Waals surface area contributed by atoms with Crippen molar-refractivity contribution in [3.63, 3.8) is 0 Å². The summed E-state index contributed by atoms with van der Waals surface area (Å²) in [5.41, 5.74) is 15.6. The second-order valence-electron chi connectivity index (χ2n) is 24.2. The number of rotatable bonds is 0. The van der Waals surface area contributed by atoms with Gasteiger partial charge in [0.15, 0.2) is 0 Å². The van der Waals surface area contributed by atoms with E-state index in [0.29, 0.717) is 16.7 Å². The molecule has 3 heterocycles. The lowest BCUT2D eigenvalue weighted by atomic mass is 9.77. The van der Waals surface area contributed by atoms with Gasteiger partial charge in [-0.1, -0.05) is 155 Å². The molecule has 1 aliphatic heterocycles. The predicted molar refractivity (Wildman–Crippen MR) is 249 cm³/mol. The highest BCUT2D eigenvalue weighted by molar-refractivity contribution is 5.87. The summed E-state index contributed by atoms with van der Waals surface area (Å²) in [6.45, 7) is 48.3. The number of allylic oxidation sites excluding steroid dienone is 2. The maximum absolute atomic E-state index is 4.54. The lowest BCUT2D eigenvalue weighted by Crippen LogP contribution is -2.33. The number of aromatic nitrogens is 5. The van der Waals surface area contributed by atoms with Crippen molar-refractivity contribution in [2.45, 2.75) is 246 Å². The Morgan fingerprint density at radius 2 is 1.04 bits per heavy atom. The van der Waals surface area contributed by atoms with Gasteiger partial charge in [-0.05, 0) is 107 Å². The second-order valence-corrected chi connectivity index (χ2v) is 24.2. The van der Waals surface area contributed by atoms with E-state index < -0.39 is 0 Å². The average molecular weight is 792 g/mol. The first-order chi connectivity index (χ1) is 25.7. The van der Waals surface area contributed by atoms with Gasteiger partial charge >= 0.3 is 0 Å². The normalized spacial score (nSPS) is 18.2. The van der Waals surface area contributed by atoms with E-state index in [4.69, 9.17) is 0 Å². The maximum atomic E-state index is 4.54. The molecule has 2 aromatic rings. The van der Waals surface area contributed by atoms with E-state index in [1.807, 2.05) is 10.9 Å². The van der Waals surface area contributed by atoms with Gasteiger partial charge in [-0.3, -0.25) is 5.43 Å². The highest BCUT2D eigenvalue weighted by Gasteiger charge is 2.31. The lowest BCUT2D eigenvalue weighted by Gasteiger charge is -2.35. The van der Waals surface area contributed by atoms with Crippen LogP contribution in [-0.2, 0) is 29.2 Å². The second kappa shape index (κ2) is 21.6. The van der Waals surface area contributed by atoms with Crippen LogP contribution >= 0.6 is 0 Å². The molecule has 0 saturated heterocycles. The molecule has 0 bridgehead atoms. The summed E-state index contributed by atoms with van der Waals surface area (Å²) in [7, 11) is 0. The van der Waals surface area contributed by atoms with Crippen molar-refractivity contribution in [2.75, 3.05) is 0 Å². The molecule has 0 spiro atoms. The van der Waals surface area contributed by atoms with E-state index in [1.165, 1.54) is 111 Å². The van der Waals surface area contributed by atoms with Crippen molar-refractivity contribution >= 4 is 5.71 Å². The highest BCUT2D eigenvalue weighted by atomic mass is 15.4. The summed E-state index contributed by atoms with van der Waals surface area (Å²) in [5, 5.41) is 21.5. The molecule has 5 rings (SSSR count). The minimum Gasteiger partial charge on any atom is -0.282 e. The van der Waals surface area contributed by atoms with Crippen molar-refractivity contribution < 1.29 is 0 Å². The van der Waals surface area contributed by atoms with Gasteiger partial charge in [-0.25, -0.2) is 4.68 Å². The summed E-state index contributed by atoms with van der Waals surface area (Å²) < 4.78 is 1.99. The first-order valence-corrected chi connectivity index (χ1v) is 22.5. The Hall–Kier alpha value is -2.57. The molecular formula is C50H93N7. The van der Waals surface area contributed by atoms with Gasteiger partial charge in [0.2, 0.25) is 0 Å². The minimum absolute atomic E-state index is 0.0130. The van der Waals surface area contributed by atoms with Crippen LogP contribution in [0.3, 0.4) is 0 Å². The van der Waals surface area contributed by atoms with E-state index in [-0.39, 0.29) is 21.8 Å². The first kappa shape index (κ1) is 52.4. The summed E-state index contributed by atoms with van der Waals surface area (Å²) in [5.74, 6) is 0.616. The molecule has 1 unspecified atom stereocenters. The number of hydrogen-bond acceptors (Lipinski definition) is 6. The fourth-order valence-electron chi connectivity index (χ4n) is 7.08. The number of aryl methyl sites for hydroxylation is 1. The lowest BCUT2D eigenvalue weighted by molar-refractivity contribution is 0.316. The topological polar surface area (TPSA) is 80.9 Å². The maximum Gasteiger partial charge on any atom is 0.0730 e. The van der Waals surface area contributed by atoms with E-state index in [0.717, 1.165) is 5.69 Å². The third kappa shape index (κ3) is 20.3. The fraction of sp³-hybridized carbons (Fsp3) is 0.820. The Labute approximate surface area is 353 Å². The SMILES string of the molecule is CC(C)(C)C.CC(C)(C)C.CC(C)(C)c1cnnn1C(C)(C)C.CC1=NNC(C(C)(C)C)=C2CCCCCCC12.Cc1nnc(C(C)(C)C)c2c1CCCCCC2. The molecule has 0 amide bonds. The monoisotopic (exact) mass is 792 g/mol. The average Bonchev–Trinajstić information content (AvgIpc) is 3.49. The molecule has 7 nitrogen and oxygen atoms in total. The van der Waals surface area contributed by atoms with Crippen molar-refractivity contribution in [3.8, 4) is 0 Å². The Morgan fingerprint density at radius 3 is 1.47 bits per heavy atom. The molecule has 1 saturated carbocycles. The van der Waals surface area contributed by atoms with E-state index in [1.54, 1.807) is 5.57 Å². The Kier molecular flexibility index (Phi) is 19.9. The first-order valence-electron chi connectivity index (χ1n) is 22.5. The third-order valence-electron chi connectivity index (χ3n) is 9.68. The van der Waals surface area contributed by atoms with Gasteiger partial charge in [0.25, 0.3) is 0 Å². The number of nitrogens with zero attached hydrogens (tertiary/aromatic N) is 6. The van der Waals surface area contributed by atoms with Crippen LogP contribution in [0.5, 0.6) is 0 Å². The zero-order valence-electron chi connectivity index (χ0n) is 41.8. The van der Waals surface area contributed by atoms with Gasteiger partial charge in [-0.15, -0.1) is 5.10 Å². The summed E-state index contributed by atoms with van der Waals surface area (Å²) in [4.78, 5) is 0. The largest absolute Gasteiger partial charge is 0.282 e. The van der Waals surface area contributed by atoms with Crippen molar-refractivity contribution in [3.05, 3.63) is 45.7 Å². The molecule has 2 aromatic heterocycles. The number of hydrogen-bond donors (Lipinski definition) is 1. The third-order valence-corrected chi connectivity index (χ3v) is 9.68. The van der Waals surface area contributed by atoms with Crippen LogP contribution in [0.25, 0.3) is 0 Å². The van der Waals surface area contributed by atoms with E-state index >= 15 is 0 Å². The van der Waals surface area contributed by atoms with Gasteiger partial charge in [0.05, 0.1) is 28.8 Å². The summed E-state index contributed by atoms with van der Waals surface area (Å²) in [6, 6.07) is 0. The van der Waals surface area contributed by atoms with Crippen LogP contribution in [0.15, 0.2) is 22.6 Å². The van der Waals surface area contributed by atoms with Crippen LogP contribution < -0.4 is 5.43 Å². The smallest absolute Gasteiger partial charge is 0.0730 e.